The molecule has 0 spiro atoms. The van der Waals surface area contributed by atoms with Crippen molar-refractivity contribution >= 4 is 69.2 Å². The van der Waals surface area contributed by atoms with Crippen molar-refractivity contribution in [3.05, 3.63) is 215 Å². The number of hydrogen-bond acceptors (Lipinski definition) is 9. The Morgan fingerprint density at radius 1 is 0.344 bits per heavy atom. The van der Waals surface area contributed by atoms with Crippen LogP contribution in [-0.2, 0) is 31.5 Å². The van der Waals surface area contributed by atoms with Crippen molar-refractivity contribution in [3.63, 3.8) is 0 Å². The molecule has 0 unspecified atom stereocenters. The summed E-state index contributed by atoms with van der Waals surface area (Å²) in [6, 6.07) is 53.5. The van der Waals surface area contributed by atoms with Gasteiger partial charge in [-0.25, -0.2) is 0 Å². The molecular formula is C51H39FeN6O6. The Labute approximate surface area is 380 Å². The predicted octanol–water partition coefficient (Wildman–Crippen LogP) is 6.54. The van der Waals surface area contributed by atoms with Crippen molar-refractivity contribution in [2.45, 2.75) is 20.8 Å². The number of amides is 3. The van der Waals surface area contributed by atoms with Crippen molar-refractivity contribution in [3.8, 4) is 0 Å². The van der Waals surface area contributed by atoms with Crippen LogP contribution in [0.25, 0.3) is 17.3 Å². The zero-order valence-corrected chi connectivity index (χ0v) is 35.9. The number of rotatable bonds is 6. The Bertz CT molecular complexity index is 2520. The molecule has 12 nitrogen and oxygen atoms in total. The third-order valence-electron chi connectivity index (χ3n) is 9.85. The van der Waals surface area contributed by atoms with E-state index in [1.165, 1.54) is 15.0 Å². The maximum atomic E-state index is 12.5. The average molecular weight is 888 g/mol. The van der Waals surface area contributed by atoms with Crippen molar-refractivity contribution in [1.29, 1.82) is 0 Å². The van der Waals surface area contributed by atoms with Gasteiger partial charge in [0.2, 0.25) is 0 Å². The molecule has 3 aliphatic rings. The number of nitrogens with zero attached hydrogens (tertiary/aromatic N) is 6. The Balaban J connectivity index is 0.000000158. The summed E-state index contributed by atoms with van der Waals surface area (Å²) in [6.07, 6.45) is 0. The summed E-state index contributed by atoms with van der Waals surface area (Å²) in [7, 11) is 0. The van der Waals surface area contributed by atoms with E-state index in [9.17, 15) is 29.7 Å². The van der Waals surface area contributed by atoms with Gasteiger partial charge in [-0.15, -0.1) is 0 Å². The van der Waals surface area contributed by atoms with Crippen molar-refractivity contribution < 1.29 is 46.8 Å². The van der Waals surface area contributed by atoms with Gasteiger partial charge in [-0.05, 0) is 73.9 Å². The monoisotopic (exact) mass is 887 g/mol. The van der Waals surface area contributed by atoms with Crippen molar-refractivity contribution in [2.24, 2.45) is 15.3 Å². The molecule has 0 aromatic heterocycles. The molecule has 3 heterocycles. The number of para-hydroxylation sites is 3. The van der Waals surface area contributed by atoms with Crippen LogP contribution < -0.4 is 30.3 Å². The Kier molecular flexibility index (Phi) is 14.6. The molecule has 0 fully saturated rings. The molecule has 6 aromatic rings. The van der Waals surface area contributed by atoms with Gasteiger partial charge in [0.05, 0.1) is 50.9 Å². The number of carbonyl (C=O) groups is 3. The quantitative estimate of drug-likeness (QED) is 0.105. The normalized spacial score (nSPS) is 16.6. The fourth-order valence-electron chi connectivity index (χ4n) is 6.74. The molecule has 64 heavy (non-hydrogen) atoms. The van der Waals surface area contributed by atoms with Crippen LogP contribution in [0.2, 0.25) is 0 Å². The molecule has 1 radical (unpaired) electrons. The second-order valence-electron chi connectivity index (χ2n) is 14.1. The summed E-state index contributed by atoms with van der Waals surface area (Å²) in [5.41, 5.74) is 5.14. The Hall–Kier alpha value is -8.12. The smallest absolute Gasteiger partial charge is 0.871 e. The van der Waals surface area contributed by atoms with E-state index in [-0.39, 0.29) is 68.8 Å². The molecule has 0 saturated carbocycles. The van der Waals surface area contributed by atoms with E-state index in [2.05, 4.69) is 15.3 Å². The number of hydrogen-bond donors (Lipinski definition) is 0. The summed E-state index contributed by atoms with van der Waals surface area (Å²) >= 11 is 0. The molecule has 3 amide bonds. The van der Waals surface area contributed by atoms with E-state index in [0.717, 1.165) is 0 Å². The van der Waals surface area contributed by atoms with Gasteiger partial charge in [0, 0.05) is 0 Å². The molecule has 6 aromatic carbocycles. The van der Waals surface area contributed by atoms with E-state index >= 15 is 0 Å². The van der Waals surface area contributed by atoms with Crippen LogP contribution in [0.5, 0.6) is 0 Å². The van der Waals surface area contributed by atoms with E-state index < -0.39 is 0 Å². The molecule has 3 aliphatic heterocycles. The number of anilines is 3. The SMILES string of the molecule is CC1=NN(c2ccccc2)C(=O)/C1=C(\[O-])c1ccccc1.CC1=NN(c2ccccc2)C(=O)C1=C([O-])c1ccccc1.CC1=NN(c2ccccc2)C(=O)C1=C([O-])c1ccccc1.[Fe+3]. The maximum Gasteiger partial charge on any atom is 3.00 e. The second kappa shape index (κ2) is 20.6. The summed E-state index contributed by atoms with van der Waals surface area (Å²) in [6.45, 7) is 5.03. The molecular weight excluding hydrogens is 848 g/mol. The average Bonchev–Trinajstić information content (AvgIpc) is 3.93. The molecule has 317 valence electrons. The van der Waals surface area contributed by atoms with Crippen LogP contribution in [0.4, 0.5) is 17.1 Å². The van der Waals surface area contributed by atoms with Crippen LogP contribution in [-0.4, -0.2) is 34.9 Å². The zero-order chi connectivity index (χ0) is 44.5. The van der Waals surface area contributed by atoms with Gasteiger partial charge in [0.25, 0.3) is 17.7 Å². The molecule has 0 saturated heterocycles. The van der Waals surface area contributed by atoms with Gasteiger partial charge in [0.1, 0.15) is 0 Å². The fraction of sp³-hybridized carbons (Fsp3) is 0.0588. The van der Waals surface area contributed by atoms with Crippen molar-refractivity contribution in [2.75, 3.05) is 15.0 Å². The van der Waals surface area contributed by atoms with Gasteiger partial charge >= 0.3 is 17.1 Å². The van der Waals surface area contributed by atoms with Crippen LogP contribution in [0.3, 0.4) is 0 Å². The Morgan fingerprint density at radius 2 is 0.531 bits per heavy atom. The third-order valence-corrected chi connectivity index (χ3v) is 9.85. The van der Waals surface area contributed by atoms with Crippen molar-refractivity contribution in [1.82, 2.24) is 0 Å². The predicted molar refractivity (Wildman–Crippen MR) is 241 cm³/mol. The third kappa shape index (κ3) is 9.82. The number of benzene rings is 6. The van der Waals surface area contributed by atoms with E-state index in [4.69, 9.17) is 0 Å². The van der Waals surface area contributed by atoms with Gasteiger partial charge in [0.15, 0.2) is 0 Å². The number of hydrazone groups is 3. The Morgan fingerprint density at radius 3 is 0.734 bits per heavy atom. The summed E-state index contributed by atoms with van der Waals surface area (Å²) in [5, 5.41) is 53.9. The van der Waals surface area contributed by atoms with Gasteiger partial charge in [-0.3, -0.25) is 14.4 Å². The van der Waals surface area contributed by atoms with E-state index in [1.54, 1.807) is 130 Å². The molecule has 0 bridgehead atoms. The topological polar surface area (TPSA) is 167 Å². The largest absolute Gasteiger partial charge is 3.00 e. The van der Waals surface area contributed by atoms with E-state index in [0.29, 0.717) is 50.9 Å². The standard InChI is InChI=1S/3C17H14N2O2.Fe/c3*1-12-15(16(20)13-8-4-2-5-9-13)17(21)19(18-12)14-10-6-3-7-11-14;/h3*2-11,20H,1H3;/q;;;+3/p-3/b16-15-;;;. The van der Waals surface area contributed by atoms with Crippen LogP contribution in [0, 0.1) is 0 Å². The van der Waals surface area contributed by atoms with Crippen LogP contribution in [0.1, 0.15) is 37.5 Å². The zero-order valence-electron chi connectivity index (χ0n) is 34.8. The van der Waals surface area contributed by atoms with E-state index in [1.807, 2.05) is 72.8 Å². The summed E-state index contributed by atoms with van der Waals surface area (Å²) in [4.78, 5) is 37.5. The van der Waals surface area contributed by atoms with Gasteiger partial charge < -0.3 is 15.3 Å². The molecule has 0 atom stereocenters. The first-order valence-corrected chi connectivity index (χ1v) is 19.8. The van der Waals surface area contributed by atoms with Gasteiger partial charge in [-0.1, -0.05) is 163 Å². The molecule has 9 rings (SSSR count). The summed E-state index contributed by atoms with van der Waals surface area (Å²) in [5.74, 6) is -2.02. The maximum absolute atomic E-state index is 12.5. The first kappa shape index (κ1) is 45.4. The minimum absolute atomic E-state index is 0. The number of carbonyl (C=O) groups excluding carboxylic acids is 3. The first-order chi connectivity index (χ1) is 30.5. The van der Waals surface area contributed by atoms with Crippen LogP contribution >= 0.6 is 0 Å². The first-order valence-electron chi connectivity index (χ1n) is 19.8. The molecule has 0 aliphatic carbocycles. The molecule has 13 heteroatoms. The molecule has 0 N–H and O–H groups in total. The minimum Gasteiger partial charge on any atom is -0.871 e. The minimum atomic E-state index is -0.382. The van der Waals surface area contributed by atoms with Gasteiger partial charge in [-0.2, -0.15) is 30.3 Å². The second-order valence-corrected chi connectivity index (χ2v) is 14.1. The van der Waals surface area contributed by atoms with Crippen LogP contribution in [0.15, 0.2) is 214 Å². The summed E-state index contributed by atoms with van der Waals surface area (Å²) < 4.78 is 0. The fourth-order valence-corrected chi connectivity index (χ4v) is 6.74.